The molecule has 0 spiro atoms. The molecule has 34 heteroatoms. The Morgan fingerprint density at radius 1 is 0.800 bits per heavy atom. The molecule has 3 aliphatic rings. The van der Waals surface area contributed by atoms with Crippen LogP contribution in [0.2, 0.25) is 0 Å². The van der Waals surface area contributed by atoms with Crippen molar-refractivity contribution in [1.82, 2.24) is 41.5 Å². The van der Waals surface area contributed by atoms with Crippen LogP contribution < -0.4 is 70.8 Å². The normalized spacial score (nSPS) is 26.2. The van der Waals surface area contributed by atoms with E-state index in [1.165, 1.54) is 31.2 Å². The summed E-state index contributed by atoms with van der Waals surface area (Å²) >= 11 is 0. The maximum atomic E-state index is 14.7. The zero-order valence-corrected chi connectivity index (χ0v) is 51.8. The number of primary amides is 1. The van der Waals surface area contributed by atoms with Gasteiger partial charge in [-0.15, -0.1) is 0 Å². The third kappa shape index (κ3) is 17.8. The van der Waals surface area contributed by atoms with Crippen LogP contribution in [0.15, 0.2) is 77.3 Å². The average Bonchev–Trinajstić information content (AvgIpc) is 2.24. The summed E-state index contributed by atoms with van der Waals surface area (Å²) in [5, 5.41) is 116. The maximum absolute atomic E-state index is 14.7. The van der Waals surface area contributed by atoms with Crippen molar-refractivity contribution in [2.75, 3.05) is 19.7 Å². The number of nitrogens with one attached hydrogen (secondary N) is 5. The van der Waals surface area contributed by atoms with Gasteiger partial charge in [0.05, 0.1) is 37.4 Å². The van der Waals surface area contributed by atoms with E-state index in [0.717, 1.165) is 32.3 Å². The number of hydrogen-bond donors (Lipinski definition) is 15. The first-order valence-corrected chi connectivity index (χ1v) is 29.4. The van der Waals surface area contributed by atoms with E-state index in [-0.39, 0.29) is 35.1 Å². The molecule has 16 N–H and O–H groups in total. The second-order valence-corrected chi connectivity index (χ2v) is 22.9. The van der Waals surface area contributed by atoms with Crippen molar-refractivity contribution in [1.29, 1.82) is 0 Å². The molecular formula is C56H70N9NaO23S. The van der Waals surface area contributed by atoms with Crippen molar-refractivity contribution < 1.29 is 140 Å². The topological polar surface area (TPSA) is 513 Å². The van der Waals surface area contributed by atoms with E-state index < -0.39 is 198 Å². The number of unbranched alkanes of at least 4 members (excludes halogenated alkanes) is 2. The Balaban J connectivity index is 0.0000129. The minimum atomic E-state index is -5.60. The van der Waals surface area contributed by atoms with E-state index in [2.05, 4.69) is 32.2 Å². The Morgan fingerprint density at radius 3 is 2.07 bits per heavy atom. The molecule has 484 valence electrons. The van der Waals surface area contributed by atoms with Crippen molar-refractivity contribution in [2.45, 2.75) is 145 Å². The number of aliphatic hydroxyl groups is 8. The Morgan fingerprint density at radius 2 is 1.43 bits per heavy atom. The average molecular weight is 1290 g/mol. The van der Waals surface area contributed by atoms with Gasteiger partial charge >= 0.3 is 29.6 Å². The number of ether oxygens (including phenoxy) is 1. The molecular weight excluding hydrogens is 1220 g/mol. The van der Waals surface area contributed by atoms with E-state index in [0.29, 0.717) is 56.9 Å². The molecule has 3 aliphatic heterocycles. The molecule has 7 rings (SSSR count). The molecule has 0 bridgehead atoms. The number of amides is 8. The second kappa shape index (κ2) is 31.1. The molecule has 8 amide bonds. The zero-order valence-electron chi connectivity index (χ0n) is 49.0. The van der Waals surface area contributed by atoms with Crippen LogP contribution in [0.1, 0.15) is 81.3 Å². The van der Waals surface area contributed by atoms with Gasteiger partial charge in [0.1, 0.15) is 66.0 Å². The first kappa shape index (κ1) is 71.7. The number of aromatic nitrogens is 1. The molecule has 32 nitrogen and oxygen atoms in total. The molecule has 3 aromatic carbocycles. The summed E-state index contributed by atoms with van der Waals surface area (Å²) in [5.74, 6) is -13.0. The van der Waals surface area contributed by atoms with Crippen LogP contribution in [-0.4, -0.2) is 220 Å². The number of hydrogen-bond acceptors (Lipinski definition) is 24. The fraction of sp³-hybridized carbons (Fsp3) is 0.482. The number of aromatic hydroxyl groups is 1. The quantitative estimate of drug-likeness (QED) is 0.0190. The Labute approximate surface area is 536 Å². The van der Waals surface area contributed by atoms with Crippen LogP contribution in [0.4, 0.5) is 0 Å². The zero-order chi connectivity index (χ0) is 65.3. The number of phenolic OH excluding ortho intramolecular Hbond substituents is 1. The molecule has 0 saturated carbocycles. The smallest absolute Gasteiger partial charge is 0.716 e. The molecule has 90 heavy (non-hydrogen) atoms. The van der Waals surface area contributed by atoms with Crippen molar-refractivity contribution in [3.8, 4) is 39.8 Å². The minimum Gasteiger partial charge on any atom is -0.716 e. The van der Waals surface area contributed by atoms with Crippen molar-refractivity contribution in [3.63, 3.8) is 0 Å². The SMILES string of the molecule is CCCCCOc1ccc(-c2cc(-c3ccc(C(=O)N[C@H]4C[C@@H](O)[C@H](O)NC(=O)[C@@H]5[C@@H](O)[C@@H](C)CN5C(=O)[C@H](C(O)CC(N)=O)NC(=O)[C@H](C(O)C(O)c5ccc(O)c(OS(=O)(=O)[O-])c5)NC(=O)[C@@H]5C[C@@H](O)CN5C(=O)[C@H](C(C)O)NC4=O)cc3)no2)cc1.[Na+]. The predicted octanol–water partition coefficient (Wildman–Crippen LogP) is -7.24. The summed E-state index contributed by atoms with van der Waals surface area (Å²) in [6.45, 7) is 3.72. The Kier molecular flexibility index (Phi) is 24.8. The van der Waals surface area contributed by atoms with Crippen molar-refractivity contribution in [3.05, 3.63) is 83.9 Å². The third-order valence-electron chi connectivity index (χ3n) is 15.2. The van der Waals surface area contributed by atoms with Gasteiger partial charge in [0.2, 0.25) is 41.4 Å². The fourth-order valence-electron chi connectivity index (χ4n) is 10.3. The first-order chi connectivity index (χ1) is 42.0. The van der Waals surface area contributed by atoms with Crippen LogP contribution >= 0.6 is 0 Å². The van der Waals surface area contributed by atoms with Crippen LogP contribution in [0, 0.1) is 5.92 Å². The second-order valence-electron chi connectivity index (χ2n) is 21.9. The number of aliphatic hydroxyl groups excluding tert-OH is 8. The summed E-state index contributed by atoms with van der Waals surface area (Å²) in [6, 6.07) is 3.38. The molecule has 0 radical (unpaired) electrons. The largest absolute Gasteiger partial charge is 1.00 e. The molecule has 4 aromatic rings. The van der Waals surface area contributed by atoms with Gasteiger partial charge in [-0.25, -0.2) is 8.42 Å². The third-order valence-corrected chi connectivity index (χ3v) is 15.6. The summed E-state index contributed by atoms with van der Waals surface area (Å²) < 4.78 is 49.9. The van der Waals surface area contributed by atoms with E-state index in [1.807, 2.05) is 10.6 Å². The molecule has 4 heterocycles. The number of rotatable bonds is 18. The summed E-state index contributed by atoms with van der Waals surface area (Å²) in [7, 11) is -5.60. The van der Waals surface area contributed by atoms with Crippen molar-refractivity contribution >= 4 is 57.7 Å². The van der Waals surface area contributed by atoms with Gasteiger partial charge in [0.15, 0.2) is 23.5 Å². The van der Waals surface area contributed by atoms with E-state index in [1.54, 1.807) is 30.3 Å². The van der Waals surface area contributed by atoms with E-state index in [4.69, 9.17) is 15.0 Å². The maximum Gasteiger partial charge on any atom is 1.00 e. The number of nitrogens with zero attached hydrogens (tertiary/aromatic N) is 3. The van der Waals surface area contributed by atoms with Crippen LogP contribution in [0.25, 0.3) is 22.6 Å². The van der Waals surface area contributed by atoms with Gasteiger partial charge in [-0.3, -0.25) is 38.4 Å². The van der Waals surface area contributed by atoms with Gasteiger partial charge in [-0.1, -0.05) is 50.0 Å². The fourth-order valence-corrected chi connectivity index (χ4v) is 10.7. The van der Waals surface area contributed by atoms with Crippen molar-refractivity contribution in [2.24, 2.45) is 11.7 Å². The Hall–Kier alpha value is -7.38. The number of fused-ring (bicyclic) bond motifs is 2. The number of nitrogens with two attached hydrogens (primary N) is 1. The van der Waals surface area contributed by atoms with Crippen LogP contribution in [0.5, 0.6) is 17.2 Å². The minimum absolute atomic E-state index is 0. The first-order valence-electron chi connectivity index (χ1n) is 28.1. The summed E-state index contributed by atoms with van der Waals surface area (Å²) in [6.07, 6.45) is -17.3. The molecule has 3 fully saturated rings. The molecule has 15 atom stereocenters. The molecule has 1 aromatic heterocycles. The van der Waals surface area contributed by atoms with Gasteiger partial charge in [0.25, 0.3) is 16.3 Å². The standard InChI is InChI=1S/C56H71N9O23S.Na/c1-4-5-6-17-86-32-14-11-28(12-15-32)39-21-33(63-87-39)27-7-9-29(10-8-27)49(75)58-34-20-38(70)52(78)62-54(80)45-46(72)25(2)23-65(45)56(82)43(37(69)22-41(57)71)60-53(79)44(48(74)47(73)30-13-16-36(68)40(18-30)88-89(83,84)85)61-51(77)35-19-31(67)24-64(35)55(81)42(26(3)66)59-50(34)76;/h7-16,18,21,25-26,31,34-35,37-38,42-48,52,66-70,72-74,78H,4-6,17,19-20,22-24H2,1-3H3,(H2,57,71)(H,58,75)(H,59,76)(H,60,79)(H,61,77)(H,62,80)(H,83,84,85);/q;+1/p-1/t25-,26?,31+,34-,35-,37?,38+,42-,43-,44-,45-,46-,47?,48?,52-;/m0./s1. The predicted molar refractivity (Wildman–Crippen MR) is 302 cm³/mol. The van der Waals surface area contributed by atoms with Crippen LogP contribution in [-0.2, 0) is 44.0 Å². The molecule has 3 saturated heterocycles. The number of carbonyl (C=O) groups is 8. The van der Waals surface area contributed by atoms with Crippen LogP contribution in [0.3, 0.4) is 0 Å². The number of phenols is 1. The van der Waals surface area contributed by atoms with Gasteiger partial charge in [-0.2, -0.15) is 0 Å². The van der Waals surface area contributed by atoms with Gasteiger partial charge in [0, 0.05) is 54.6 Å². The van der Waals surface area contributed by atoms with E-state index in [9.17, 15) is 97.3 Å². The van der Waals surface area contributed by atoms with Gasteiger partial charge < -0.3 is 106 Å². The van der Waals surface area contributed by atoms with E-state index >= 15 is 0 Å². The van der Waals surface area contributed by atoms with Gasteiger partial charge in [-0.05, 0) is 67.4 Å². The molecule has 4 unspecified atom stereocenters. The molecule has 0 aliphatic carbocycles. The Bertz CT molecular complexity index is 3340. The summed E-state index contributed by atoms with van der Waals surface area (Å²) in [4.78, 5) is 115. The summed E-state index contributed by atoms with van der Waals surface area (Å²) in [5.41, 5.74) is 6.13. The number of carbonyl (C=O) groups excluding carboxylic acids is 8. The monoisotopic (exact) mass is 1290 g/mol. The number of benzene rings is 3.